The van der Waals surface area contributed by atoms with E-state index in [0.717, 1.165) is 29.9 Å². The predicted octanol–water partition coefficient (Wildman–Crippen LogP) is 2.89. The second-order valence-electron chi connectivity index (χ2n) is 5.26. The largest absolute Gasteiger partial charge is 0.310 e. The first-order chi connectivity index (χ1) is 10.0. The van der Waals surface area contributed by atoms with Gasteiger partial charge in [-0.05, 0) is 50.2 Å². The monoisotopic (exact) mass is 287 g/mol. The van der Waals surface area contributed by atoms with Crippen LogP contribution in [0.25, 0.3) is 0 Å². The minimum atomic E-state index is 0.0546. The summed E-state index contributed by atoms with van der Waals surface area (Å²) < 4.78 is 0. The third-order valence-corrected chi connectivity index (χ3v) is 3.52. The van der Waals surface area contributed by atoms with Gasteiger partial charge in [0.25, 0.3) is 0 Å². The van der Waals surface area contributed by atoms with Crippen molar-refractivity contribution in [1.29, 1.82) is 5.26 Å². The molecule has 0 saturated carbocycles. The number of amides is 1. The molecule has 114 valence electrons. The Hall–Kier alpha value is -1.86. The summed E-state index contributed by atoms with van der Waals surface area (Å²) in [5.41, 5.74) is 3.14. The highest BCUT2D eigenvalue weighted by Crippen LogP contribution is 2.19. The number of carbonyl (C=O) groups is 1. The van der Waals surface area contributed by atoms with Crippen molar-refractivity contribution in [3.05, 3.63) is 29.3 Å². The van der Waals surface area contributed by atoms with E-state index in [9.17, 15) is 4.79 Å². The molecule has 1 aromatic carbocycles. The predicted molar refractivity (Wildman–Crippen MR) is 86.3 cm³/mol. The SMILES string of the molecule is CCN(CC)CC(=O)N(CCC#N)c1cc(C)cc(C)c1. The zero-order valence-electron chi connectivity index (χ0n) is 13.5. The Balaban J connectivity index is 2.99. The molecule has 0 saturated heterocycles. The highest BCUT2D eigenvalue weighted by atomic mass is 16.2. The lowest BCUT2D eigenvalue weighted by Crippen LogP contribution is -2.41. The Bertz CT molecular complexity index is 495. The molecule has 0 radical (unpaired) electrons. The summed E-state index contributed by atoms with van der Waals surface area (Å²) in [7, 11) is 0. The molecule has 0 bridgehead atoms. The zero-order chi connectivity index (χ0) is 15.8. The van der Waals surface area contributed by atoms with Crippen molar-refractivity contribution < 1.29 is 4.79 Å². The van der Waals surface area contributed by atoms with E-state index < -0.39 is 0 Å². The van der Waals surface area contributed by atoms with Crippen LogP contribution in [0.5, 0.6) is 0 Å². The van der Waals surface area contributed by atoms with Gasteiger partial charge in [-0.15, -0.1) is 0 Å². The molecular weight excluding hydrogens is 262 g/mol. The minimum Gasteiger partial charge on any atom is -0.310 e. The summed E-state index contributed by atoms with van der Waals surface area (Å²) >= 11 is 0. The maximum atomic E-state index is 12.6. The molecule has 0 spiro atoms. The molecule has 4 nitrogen and oxygen atoms in total. The highest BCUT2D eigenvalue weighted by molar-refractivity contribution is 5.95. The second-order valence-corrected chi connectivity index (χ2v) is 5.26. The van der Waals surface area contributed by atoms with Crippen molar-refractivity contribution in [3.63, 3.8) is 0 Å². The summed E-state index contributed by atoms with van der Waals surface area (Å²) in [4.78, 5) is 16.4. The molecule has 0 N–H and O–H groups in total. The van der Waals surface area contributed by atoms with Crippen LogP contribution >= 0.6 is 0 Å². The number of rotatable bonds is 7. The summed E-state index contributed by atoms with van der Waals surface area (Å²) in [6.45, 7) is 10.7. The van der Waals surface area contributed by atoms with Crippen molar-refractivity contribution in [2.24, 2.45) is 0 Å². The average Bonchev–Trinajstić information content (AvgIpc) is 2.44. The van der Waals surface area contributed by atoms with Gasteiger partial charge in [-0.1, -0.05) is 19.9 Å². The Morgan fingerprint density at radius 2 is 1.71 bits per heavy atom. The van der Waals surface area contributed by atoms with Crippen molar-refractivity contribution in [2.45, 2.75) is 34.1 Å². The van der Waals surface area contributed by atoms with E-state index in [4.69, 9.17) is 5.26 Å². The van der Waals surface area contributed by atoms with Crippen LogP contribution in [0.3, 0.4) is 0 Å². The lowest BCUT2D eigenvalue weighted by molar-refractivity contribution is -0.119. The van der Waals surface area contributed by atoms with Crippen LogP contribution in [-0.2, 0) is 4.79 Å². The van der Waals surface area contributed by atoms with Gasteiger partial charge < -0.3 is 4.90 Å². The number of anilines is 1. The molecule has 1 rings (SSSR count). The lowest BCUT2D eigenvalue weighted by Gasteiger charge is -2.26. The number of nitriles is 1. The number of hydrogen-bond acceptors (Lipinski definition) is 3. The molecule has 0 aliphatic heterocycles. The number of likely N-dealkylation sites (N-methyl/N-ethyl adjacent to an activating group) is 1. The first-order valence-electron chi connectivity index (χ1n) is 7.49. The third kappa shape index (κ3) is 5.20. The number of hydrogen-bond donors (Lipinski definition) is 0. The van der Waals surface area contributed by atoms with Gasteiger partial charge in [-0.3, -0.25) is 9.69 Å². The Morgan fingerprint density at radius 3 is 2.19 bits per heavy atom. The molecular formula is C17H25N3O. The van der Waals surface area contributed by atoms with Gasteiger partial charge in [-0.2, -0.15) is 5.26 Å². The van der Waals surface area contributed by atoms with E-state index in [1.165, 1.54) is 0 Å². The summed E-state index contributed by atoms with van der Waals surface area (Å²) in [5.74, 6) is 0.0546. The molecule has 1 aromatic rings. The highest BCUT2D eigenvalue weighted by Gasteiger charge is 2.18. The molecule has 0 atom stereocenters. The van der Waals surface area contributed by atoms with Crippen LogP contribution in [0.2, 0.25) is 0 Å². The summed E-state index contributed by atoms with van der Waals surface area (Å²) in [5, 5.41) is 8.83. The molecule has 0 unspecified atom stereocenters. The molecule has 1 amide bonds. The zero-order valence-corrected chi connectivity index (χ0v) is 13.5. The summed E-state index contributed by atoms with van der Waals surface area (Å²) in [6.07, 6.45) is 0.344. The quantitative estimate of drug-likeness (QED) is 0.774. The first-order valence-corrected chi connectivity index (χ1v) is 7.49. The number of carbonyl (C=O) groups excluding carboxylic acids is 1. The van der Waals surface area contributed by atoms with E-state index in [2.05, 4.69) is 17.0 Å². The molecule has 0 heterocycles. The molecule has 21 heavy (non-hydrogen) atoms. The van der Waals surface area contributed by atoms with Crippen LogP contribution in [0.15, 0.2) is 18.2 Å². The molecule has 0 aliphatic carbocycles. The fraction of sp³-hybridized carbons (Fsp3) is 0.529. The van der Waals surface area contributed by atoms with E-state index >= 15 is 0 Å². The van der Waals surface area contributed by atoms with Crippen LogP contribution < -0.4 is 4.90 Å². The van der Waals surface area contributed by atoms with E-state index in [1.54, 1.807) is 4.90 Å². The summed E-state index contributed by atoms with van der Waals surface area (Å²) in [6, 6.07) is 8.22. The van der Waals surface area contributed by atoms with Crippen molar-refractivity contribution in [3.8, 4) is 6.07 Å². The number of benzene rings is 1. The maximum Gasteiger partial charge on any atom is 0.241 e. The Labute approximate surface area is 128 Å². The van der Waals surface area contributed by atoms with Crippen LogP contribution in [0, 0.1) is 25.2 Å². The molecule has 0 aromatic heterocycles. The van der Waals surface area contributed by atoms with E-state index in [-0.39, 0.29) is 5.91 Å². The van der Waals surface area contributed by atoms with E-state index in [0.29, 0.717) is 19.5 Å². The Morgan fingerprint density at radius 1 is 1.14 bits per heavy atom. The van der Waals surface area contributed by atoms with Gasteiger partial charge in [0.15, 0.2) is 0 Å². The van der Waals surface area contributed by atoms with Crippen LogP contribution in [-0.4, -0.2) is 37.0 Å². The first kappa shape index (κ1) is 17.2. The topological polar surface area (TPSA) is 47.3 Å². The Kier molecular flexibility index (Phi) is 6.90. The average molecular weight is 287 g/mol. The van der Waals surface area contributed by atoms with Crippen molar-refractivity contribution in [2.75, 3.05) is 31.1 Å². The second kappa shape index (κ2) is 8.43. The van der Waals surface area contributed by atoms with Crippen LogP contribution in [0.1, 0.15) is 31.4 Å². The van der Waals surface area contributed by atoms with Gasteiger partial charge in [0, 0.05) is 12.2 Å². The molecule has 0 aliphatic rings. The fourth-order valence-corrected chi connectivity index (χ4v) is 2.39. The standard InChI is InChI=1S/C17H25N3O/c1-5-19(6-2)13-17(21)20(9-7-8-18)16-11-14(3)10-15(4)12-16/h10-12H,5-7,9,13H2,1-4H3. The van der Waals surface area contributed by atoms with Crippen molar-refractivity contribution >= 4 is 11.6 Å². The number of aryl methyl sites for hydroxylation is 2. The van der Waals surface area contributed by atoms with Crippen LogP contribution in [0.4, 0.5) is 5.69 Å². The lowest BCUT2D eigenvalue weighted by atomic mass is 10.1. The van der Waals surface area contributed by atoms with Gasteiger partial charge in [0.2, 0.25) is 5.91 Å². The molecule has 4 heteroatoms. The van der Waals surface area contributed by atoms with E-state index in [1.807, 2.05) is 39.8 Å². The smallest absolute Gasteiger partial charge is 0.241 e. The fourth-order valence-electron chi connectivity index (χ4n) is 2.39. The maximum absolute atomic E-state index is 12.6. The van der Waals surface area contributed by atoms with Gasteiger partial charge in [0.1, 0.15) is 0 Å². The number of nitrogens with zero attached hydrogens (tertiary/aromatic N) is 3. The minimum absolute atomic E-state index is 0.0546. The third-order valence-electron chi connectivity index (χ3n) is 3.52. The van der Waals surface area contributed by atoms with Gasteiger partial charge in [-0.25, -0.2) is 0 Å². The molecule has 0 fully saturated rings. The van der Waals surface area contributed by atoms with Crippen molar-refractivity contribution in [1.82, 2.24) is 4.90 Å². The van der Waals surface area contributed by atoms with Gasteiger partial charge in [0.05, 0.1) is 19.0 Å². The van der Waals surface area contributed by atoms with Gasteiger partial charge >= 0.3 is 0 Å². The normalized spacial score (nSPS) is 10.5.